The quantitative estimate of drug-likeness (QED) is 0.858. The first-order valence-electron chi connectivity index (χ1n) is 8.58. The van der Waals surface area contributed by atoms with Crippen LogP contribution in [-0.2, 0) is 16.1 Å². The third kappa shape index (κ3) is 4.07. The molecule has 136 valence electrons. The van der Waals surface area contributed by atoms with Gasteiger partial charge in [-0.3, -0.25) is 9.59 Å². The van der Waals surface area contributed by atoms with Gasteiger partial charge in [0.15, 0.2) is 11.6 Å². The van der Waals surface area contributed by atoms with Crippen molar-refractivity contribution >= 4 is 17.5 Å². The van der Waals surface area contributed by atoms with E-state index >= 15 is 0 Å². The van der Waals surface area contributed by atoms with Gasteiger partial charge in [0.2, 0.25) is 11.8 Å². The van der Waals surface area contributed by atoms with Gasteiger partial charge >= 0.3 is 0 Å². The zero-order chi connectivity index (χ0) is 18.7. The molecule has 0 radical (unpaired) electrons. The van der Waals surface area contributed by atoms with E-state index in [0.29, 0.717) is 19.5 Å². The van der Waals surface area contributed by atoms with E-state index in [0.717, 1.165) is 17.7 Å². The van der Waals surface area contributed by atoms with Gasteiger partial charge in [0.05, 0.1) is 11.8 Å². The van der Waals surface area contributed by atoms with Gasteiger partial charge in [-0.1, -0.05) is 30.3 Å². The first-order valence-corrected chi connectivity index (χ1v) is 8.58. The van der Waals surface area contributed by atoms with Gasteiger partial charge in [-0.15, -0.1) is 0 Å². The minimum atomic E-state index is -1.02. The standard InChI is InChI=1S/C20H20F2N2O2/c1-2-24(12-13-6-4-3-5-7-13)20(26)16-11-15(16)19(25)23-14-8-9-17(21)18(22)10-14/h3-10,15-16H,2,11-12H2,1H3,(H,23,25). The third-order valence-electron chi connectivity index (χ3n) is 4.54. The van der Waals surface area contributed by atoms with Crippen LogP contribution in [-0.4, -0.2) is 23.3 Å². The summed E-state index contributed by atoms with van der Waals surface area (Å²) in [5.74, 6) is -3.18. The SMILES string of the molecule is CCN(Cc1ccccc1)C(=O)C1CC1C(=O)Nc1ccc(F)c(F)c1. The summed E-state index contributed by atoms with van der Waals surface area (Å²) < 4.78 is 26.2. The van der Waals surface area contributed by atoms with Crippen molar-refractivity contribution in [3.63, 3.8) is 0 Å². The number of benzene rings is 2. The van der Waals surface area contributed by atoms with Crippen molar-refractivity contribution in [2.45, 2.75) is 19.9 Å². The van der Waals surface area contributed by atoms with E-state index < -0.39 is 17.6 Å². The van der Waals surface area contributed by atoms with Crippen LogP contribution in [0.1, 0.15) is 18.9 Å². The number of nitrogens with zero attached hydrogens (tertiary/aromatic N) is 1. The molecule has 3 rings (SSSR count). The second-order valence-electron chi connectivity index (χ2n) is 6.40. The Morgan fingerprint density at radius 2 is 1.81 bits per heavy atom. The maximum atomic E-state index is 13.2. The lowest BCUT2D eigenvalue weighted by Crippen LogP contribution is -2.33. The van der Waals surface area contributed by atoms with Crippen LogP contribution in [0.4, 0.5) is 14.5 Å². The van der Waals surface area contributed by atoms with E-state index in [-0.39, 0.29) is 23.4 Å². The second kappa shape index (κ2) is 7.64. The zero-order valence-electron chi connectivity index (χ0n) is 14.4. The van der Waals surface area contributed by atoms with Crippen LogP contribution in [0.3, 0.4) is 0 Å². The highest BCUT2D eigenvalue weighted by Gasteiger charge is 2.49. The molecule has 2 amide bonds. The predicted octanol–water partition coefficient (Wildman–Crippen LogP) is 3.59. The van der Waals surface area contributed by atoms with E-state index in [4.69, 9.17) is 0 Å². The Morgan fingerprint density at radius 1 is 1.08 bits per heavy atom. The fourth-order valence-electron chi connectivity index (χ4n) is 2.95. The Balaban J connectivity index is 1.58. The summed E-state index contributed by atoms with van der Waals surface area (Å²) in [5.41, 5.74) is 1.22. The molecule has 2 unspecified atom stereocenters. The fraction of sp³-hybridized carbons (Fsp3) is 0.300. The summed E-state index contributed by atoms with van der Waals surface area (Å²) in [5, 5.41) is 2.55. The number of amides is 2. The van der Waals surface area contributed by atoms with Crippen LogP contribution in [0.5, 0.6) is 0 Å². The monoisotopic (exact) mass is 358 g/mol. The smallest absolute Gasteiger partial charge is 0.228 e. The highest BCUT2D eigenvalue weighted by molar-refractivity contribution is 5.99. The molecular formula is C20H20F2N2O2. The Kier molecular flexibility index (Phi) is 5.30. The molecule has 0 spiro atoms. The van der Waals surface area contributed by atoms with Gasteiger partial charge < -0.3 is 10.2 Å². The molecule has 2 aromatic rings. The van der Waals surface area contributed by atoms with Crippen molar-refractivity contribution in [2.24, 2.45) is 11.8 Å². The lowest BCUT2D eigenvalue weighted by Gasteiger charge is -2.21. The summed E-state index contributed by atoms with van der Waals surface area (Å²) in [6, 6.07) is 12.8. The van der Waals surface area contributed by atoms with Crippen LogP contribution in [0.25, 0.3) is 0 Å². The van der Waals surface area contributed by atoms with Crippen molar-refractivity contribution < 1.29 is 18.4 Å². The third-order valence-corrected chi connectivity index (χ3v) is 4.54. The summed E-state index contributed by atoms with van der Waals surface area (Å²) in [6.07, 6.45) is 0.472. The van der Waals surface area contributed by atoms with E-state index in [1.807, 2.05) is 37.3 Å². The number of anilines is 1. The molecular weight excluding hydrogens is 338 g/mol. The minimum Gasteiger partial charge on any atom is -0.338 e. The van der Waals surface area contributed by atoms with Crippen molar-refractivity contribution in [2.75, 3.05) is 11.9 Å². The molecule has 0 aliphatic heterocycles. The van der Waals surface area contributed by atoms with E-state index in [1.54, 1.807) is 4.90 Å². The van der Waals surface area contributed by atoms with Crippen LogP contribution in [0.2, 0.25) is 0 Å². The summed E-state index contributed by atoms with van der Waals surface area (Å²) >= 11 is 0. The first-order chi connectivity index (χ1) is 12.5. The van der Waals surface area contributed by atoms with Crippen molar-refractivity contribution in [3.05, 3.63) is 65.7 Å². The van der Waals surface area contributed by atoms with E-state index in [9.17, 15) is 18.4 Å². The highest BCUT2D eigenvalue weighted by Crippen LogP contribution is 2.41. The fourth-order valence-corrected chi connectivity index (χ4v) is 2.95. The Hall–Kier alpha value is -2.76. The number of rotatable bonds is 6. The molecule has 1 aliphatic rings. The number of carbonyl (C=O) groups is 2. The van der Waals surface area contributed by atoms with E-state index in [2.05, 4.69) is 5.32 Å². The van der Waals surface area contributed by atoms with Crippen LogP contribution in [0, 0.1) is 23.5 Å². The molecule has 0 heterocycles. The topological polar surface area (TPSA) is 49.4 Å². The molecule has 1 aliphatic carbocycles. The average Bonchev–Trinajstić information content (AvgIpc) is 3.44. The maximum Gasteiger partial charge on any atom is 0.228 e. The maximum absolute atomic E-state index is 13.2. The van der Waals surface area contributed by atoms with Gasteiger partial charge in [-0.2, -0.15) is 0 Å². The van der Waals surface area contributed by atoms with E-state index in [1.165, 1.54) is 6.07 Å². The molecule has 0 aromatic heterocycles. The summed E-state index contributed by atoms with van der Waals surface area (Å²) in [6.45, 7) is 2.96. The molecule has 0 saturated heterocycles. The van der Waals surface area contributed by atoms with Gasteiger partial charge in [0, 0.05) is 24.8 Å². The normalized spacial score (nSPS) is 18.3. The predicted molar refractivity (Wildman–Crippen MR) is 94.1 cm³/mol. The average molecular weight is 358 g/mol. The number of nitrogens with one attached hydrogen (secondary N) is 1. The van der Waals surface area contributed by atoms with Gasteiger partial charge in [0.1, 0.15) is 0 Å². The Morgan fingerprint density at radius 3 is 2.46 bits per heavy atom. The Bertz CT molecular complexity index is 811. The lowest BCUT2D eigenvalue weighted by atomic mass is 10.2. The zero-order valence-corrected chi connectivity index (χ0v) is 14.4. The van der Waals surface area contributed by atoms with Gasteiger partial charge in [0.25, 0.3) is 0 Å². The molecule has 6 heteroatoms. The van der Waals surface area contributed by atoms with Crippen LogP contribution >= 0.6 is 0 Å². The summed E-state index contributed by atoms with van der Waals surface area (Å²) in [4.78, 5) is 26.6. The van der Waals surface area contributed by atoms with Gasteiger partial charge in [-0.25, -0.2) is 8.78 Å². The highest BCUT2D eigenvalue weighted by atomic mass is 19.2. The Labute approximate surface area is 150 Å². The number of hydrogen-bond donors (Lipinski definition) is 1. The molecule has 4 nitrogen and oxygen atoms in total. The van der Waals surface area contributed by atoms with Crippen LogP contribution in [0.15, 0.2) is 48.5 Å². The molecule has 2 atom stereocenters. The van der Waals surface area contributed by atoms with Gasteiger partial charge in [-0.05, 0) is 31.0 Å². The molecule has 26 heavy (non-hydrogen) atoms. The molecule has 1 saturated carbocycles. The number of carbonyl (C=O) groups excluding carboxylic acids is 2. The first kappa shape index (κ1) is 18.0. The largest absolute Gasteiger partial charge is 0.338 e. The molecule has 0 bridgehead atoms. The minimum absolute atomic E-state index is 0.0539. The molecule has 1 fully saturated rings. The van der Waals surface area contributed by atoms with Crippen LogP contribution < -0.4 is 5.32 Å². The van der Waals surface area contributed by atoms with Crippen molar-refractivity contribution in [3.8, 4) is 0 Å². The summed E-state index contributed by atoms with van der Waals surface area (Å²) in [7, 11) is 0. The number of halogens is 2. The lowest BCUT2D eigenvalue weighted by molar-refractivity contribution is -0.134. The second-order valence-corrected chi connectivity index (χ2v) is 6.40. The number of hydrogen-bond acceptors (Lipinski definition) is 2. The van der Waals surface area contributed by atoms with Crippen molar-refractivity contribution in [1.82, 2.24) is 4.90 Å². The molecule has 1 N–H and O–H groups in total. The van der Waals surface area contributed by atoms with Crippen molar-refractivity contribution in [1.29, 1.82) is 0 Å². The molecule has 2 aromatic carbocycles.